The average Bonchev–Trinajstić information content (AvgIpc) is 3.41. The van der Waals surface area contributed by atoms with E-state index in [9.17, 15) is 9.59 Å². The van der Waals surface area contributed by atoms with Crippen molar-refractivity contribution in [1.29, 1.82) is 0 Å². The van der Waals surface area contributed by atoms with Gasteiger partial charge in [0.15, 0.2) is 0 Å². The number of rotatable bonds is 9. The van der Waals surface area contributed by atoms with Gasteiger partial charge in [-0.15, -0.1) is 0 Å². The van der Waals surface area contributed by atoms with Crippen molar-refractivity contribution in [1.82, 2.24) is 30.0 Å². The number of pyridine rings is 2. The number of nitrogens with zero attached hydrogens (tertiary/aromatic N) is 4. The summed E-state index contributed by atoms with van der Waals surface area (Å²) in [5.74, 6) is 0.333. The van der Waals surface area contributed by atoms with Crippen LogP contribution < -0.4 is 16.2 Å². The number of aromatic nitrogens is 4. The molecule has 4 heterocycles. The lowest BCUT2D eigenvalue weighted by Crippen LogP contribution is -2.38. The molecule has 0 spiro atoms. The molecule has 37 heavy (non-hydrogen) atoms. The van der Waals surface area contributed by atoms with Crippen LogP contribution in [0.3, 0.4) is 0 Å². The van der Waals surface area contributed by atoms with Crippen molar-refractivity contribution in [3.05, 3.63) is 70.9 Å². The molecule has 0 bridgehead atoms. The number of hydrogen-bond acceptors (Lipinski definition) is 7. The molecule has 0 saturated carbocycles. The molecule has 0 aliphatic carbocycles. The summed E-state index contributed by atoms with van der Waals surface area (Å²) in [5, 5.41) is 11.9. The van der Waals surface area contributed by atoms with Crippen LogP contribution >= 0.6 is 0 Å². The van der Waals surface area contributed by atoms with Crippen LogP contribution in [0, 0.1) is 0 Å². The molecule has 0 radical (unpaired) electrons. The summed E-state index contributed by atoms with van der Waals surface area (Å²) in [5.41, 5.74) is 2.66. The number of carbonyl (C=O) groups is 1. The van der Waals surface area contributed by atoms with E-state index in [-0.39, 0.29) is 11.5 Å². The van der Waals surface area contributed by atoms with E-state index in [1.54, 1.807) is 24.5 Å². The van der Waals surface area contributed by atoms with Gasteiger partial charge in [0, 0.05) is 55.4 Å². The van der Waals surface area contributed by atoms with Crippen molar-refractivity contribution in [2.24, 2.45) is 0 Å². The molecule has 1 amide bonds. The Morgan fingerprint density at radius 3 is 2.73 bits per heavy atom. The summed E-state index contributed by atoms with van der Waals surface area (Å²) < 4.78 is 7.34. The second-order valence-corrected chi connectivity index (χ2v) is 9.03. The number of carbonyl (C=O) groups excluding carboxylic acids is 1. The van der Waals surface area contributed by atoms with Gasteiger partial charge < -0.3 is 20.4 Å². The normalized spacial score (nSPS) is 14.1. The fraction of sp³-hybridized carbons (Fsp3) is 0.333. The smallest absolute Gasteiger partial charge is 0.259 e. The van der Waals surface area contributed by atoms with Gasteiger partial charge >= 0.3 is 0 Å². The minimum atomic E-state index is -0.226. The molecule has 1 fully saturated rings. The summed E-state index contributed by atoms with van der Waals surface area (Å²) >= 11 is 0. The number of aromatic amines is 1. The topological polar surface area (TPSA) is 117 Å². The third-order valence-corrected chi connectivity index (χ3v) is 6.38. The van der Waals surface area contributed by atoms with Gasteiger partial charge in [-0.25, -0.2) is 4.98 Å². The van der Waals surface area contributed by atoms with Crippen LogP contribution in [-0.4, -0.2) is 69.9 Å². The number of amides is 1. The highest BCUT2D eigenvalue weighted by molar-refractivity contribution is 5.96. The zero-order valence-corrected chi connectivity index (χ0v) is 20.9. The Morgan fingerprint density at radius 2 is 1.95 bits per heavy atom. The first kappa shape index (κ1) is 24.7. The maximum atomic E-state index is 12.7. The SMILES string of the molecule is CCCNC(=O)c1ccc(Nc2nc(-c3cnn(CCN4CCOCC4)c3)cc3cc[nH]c(=O)c23)cc1. The Balaban J connectivity index is 1.39. The second-order valence-electron chi connectivity index (χ2n) is 9.03. The molecule has 0 atom stereocenters. The van der Waals surface area contributed by atoms with Crippen LogP contribution in [-0.2, 0) is 11.3 Å². The Kier molecular flexibility index (Phi) is 7.57. The van der Waals surface area contributed by atoms with Crippen molar-refractivity contribution in [2.75, 3.05) is 44.7 Å². The molecule has 1 saturated heterocycles. The first-order valence-electron chi connectivity index (χ1n) is 12.6. The van der Waals surface area contributed by atoms with E-state index in [1.165, 1.54) is 0 Å². The average molecular weight is 502 g/mol. The zero-order chi connectivity index (χ0) is 25.6. The maximum Gasteiger partial charge on any atom is 0.259 e. The number of ether oxygens (including phenoxy) is 1. The number of H-pyrrole nitrogens is 1. The van der Waals surface area contributed by atoms with Gasteiger partial charge in [0.1, 0.15) is 5.82 Å². The lowest BCUT2D eigenvalue weighted by atomic mass is 10.1. The van der Waals surface area contributed by atoms with Gasteiger partial charge in [0.25, 0.3) is 11.5 Å². The molecule has 4 aromatic rings. The highest BCUT2D eigenvalue weighted by Crippen LogP contribution is 2.27. The molecule has 192 valence electrons. The first-order valence-corrected chi connectivity index (χ1v) is 12.6. The molecule has 5 rings (SSSR count). The molecule has 3 N–H and O–H groups in total. The summed E-state index contributed by atoms with van der Waals surface area (Å²) in [6.07, 6.45) is 6.29. The van der Waals surface area contributed by atoms with E-state index in [4.69, 9.17) is 9.72 Å². The van der Waals surface area contributed by atoms with E-state index < -0.39 is 0 Å². The predicted octanol–water partition coefficient (Wildman–Crippen LogP) is 3.00. The van der Waals surface area contributed by atoms with Crippen LogP contribution in [0.2, 0.25) is 0 Å². The van der Waals surface area contributed by atoms with E-state index in [2.05, 4.69) is 25.6 Å². The molecule has 10 heteroatoms. The third kappa shape index (κ3) is 5.87. The quantitative estimate of drug-likeness (QED) is 0.323. The van der Waals surface area contributed by atoms with Crippen molar-refractivity contribution in [2.45, 2.75) is 19.9 Å². The second kappa shape index (κ2) is 11.4. The lowest BCUT2D eigenvalue weighted by molar-refractivity contribution is 0.0360. The number of benzene rings is 1. The van der Waals surface area contributed by atoms with E-state index in [1.807, 2.05) is 42.1 Å². The molecular formula is C27H31N7O3. The van der Waals surface area contributed by atoms with Crippen LogP contribution in [0.15, 0.2) is 59.8 Å². The summed E-state index contributed by atoms with van der Waals surface area (Å²) in [6.45, 7) is 7.75. The first-order chi connectivity index (χ1) is 18.1. The third-order valence-electron chi connectivity index (χ3n) is 6.38. The van der Waals surface area contributed by atoms with Crippen molar-refractivity contribution in [3.8, 4) is 11.3 Å². The molecular weight excluding hydrogens is 470 g/mol. The number of anilines is 2. The van der Waals surface area contributed by atoms with Gasteiger partial charge in [-0.3, -0.25) is 19.2 Å². The fourth-order valence-corrected chi connectivity index (χ4v) is 4.32. The molecule has 1 aromatic carbocycles. The summed E-state index contributed by atoms with van der Waals surface area (Å²) in [6, 6.07) is 10.9. The molecule has 1 aliphatic heterocycles. The lowest BCUT2D eigenvalue weighted by Gasteiger charge is -2.26. The van der Waals surface area contributed by atoms with E-state index in [0.717, 1.165) is 62.5 Å². The Morgan fingerprint density at radius 1 is 1.14 bits per heavy atom. The van der Waals surface area contributed by atoms with Crippen molar-refractivity contribution in [3.63, 3.8) is 0 Å². The van der Waals surface area contributed by atoms with E-state index >= 15 is 0 Å². The summed E-state index contributed by atoms with van der Waals surface area (Å²) in [7, 11) is 0. The number of hydrogen-bond donors (Lipinski definition) is 3. The minimum Gasteiger partial charge on any atom is -0.379 e. The predicted molar refractivity (Wildman–Crippen MR) is 143 cm³/mol. The van der Waals surface area contributed by atoms with Gasteiger partial charge in [-0.2, -0.15) is 5.10 Å². The number of morpholine rings is 1. The van der Waals surface area contributed by atoms with E-state index in [0.29, 0.717) is 29.0 Å². The monoisotopic (exact) mass is 501 g/mol. The standard InChI is InChI=1S/C27H31N7O3/c1-2-8-28-26(35)19-3-5-22(6-4-19)31-25-24-20(7-9-29-27(24)36)16-23(32-25)21-17-30-34(18-21)11-10-33-12-14-37-15-13-33/h3-7,9,16-18H,2,8,10-15H2,1H3,(H,28,35)(H,29,36)(H,31,32). The number of nitrogens with one attached hydrogen (secondary N) is 3. The highest BCUT2D eigenvalue weighted by Gasteiger charge is 2.14. The molecule has 3 aromatic heterocycles. The maximum absolute atomic E-state index is 12.7. The number of fused-ring (bicyclic) bond motifs is 1. The zero-order valence-electron chi connectivity index (χ0n) is 20.9. The van der Waals surface area contributed by atoms with Crippen LogP contribution in [0.1, 0.15) is 23.7 Å². The van der Waals surface area contributed by atoms with Gasteiger partial charge in [0.2, 0.25) is 0 Å². The molecule has 10 nitrogen and oxygen atoms in total. The summed E-state index contributed by atoms with van der Waals surface area (Å²) in [4.78, 5) is 34.8. The largest absolute Gasteiger partial charge is 0.379 e. The minimum absolute atomic E-state index is 0.110. The van der Waals surface area contributed by atoms with Crippen LogP contribution in [0.4, 0.5) is 11.5 Å². The highest BCUT2D eigenvalue weighted by atomic mass is 16.5. The Bertz CT molecular complexity index is 1420. The van der Waals surface area contributed by atoms with Crippen LogP contribution in [0.25, 0.3) is 22.0 Å². The Hall–Kier alpha value is -4.02. The van der Waals surface area contributed by atoms with Gasteiger partial charge in [-0.1, -0.05) is 6.92 Å². The fourth-order valence-electron chi connectivity index (χ4n) is 4.32. The van der Waals surface area contributed by atoms with Gasteiger partial charge in [-0.05, 0) is 48.2 Å². The Labute approximate surface area is 214 Å². The van der Waals surface area contributed by atoms with Crippen molar-refractivity contribution >= 4 is 28.2 Å². The molecule has 1 aliphatic rings. The molecule has 0 unspecified atom stereocenters. The van der Waals surface area contributed by atoms with Crippen LogP contribution in [0.5, 0.6) is 0 Å². The van der Waals surface area contributed by atoms with Gasteiger partial charge in [0.05, 0.1) is 37.0 Å². The van der Waals surface area contributed by atoms with Crippen molar-refractivity contribution < 1.29 is 9.53 Å².